The molecule has 25 heavy (non-hydrogen) atoms. The Labute approximate surface area is 146 Å². The molecule has 3 aromatic rings. The normalized spacial score (nSPS) is 10.6. The number of aromatic nitrogens is 1. The van der Waals surface area contributed by atoms with Gasteiger partial charge in [-0.1, -0.05) is 12.1 Å². The van der Waals surface area contributed by atoms with Crippen molar-refractivity contribution >= 4 is 40.2 Å². The number of alkyl halides is 1. The summed E-state index contributed by atoms with van der Waals surface area (Å²) in [5.41, 5.74) is 1.61. The number of nitrogens with one attached hydrogen (secondary N) is 1. The highest BCUT2D eigenvalue weighted by atomic mass is 35.5. The van der Waals surface area contributed by atoms with Crippen molar-refractivity contribution in [3.8, 4) is 11.5 Å². The molecule has 9 heteroatoms. The lowest BCUT2D eigenvalue weighted by Crippen LogP contribution is -2.15. The monoisotopic (exact) mass is 361 g/mol. The number of ether oxygens (including phenoxy) is 1. The number of nitrogens with zero attached hydrogens (tertiary/aromatic N) is 2. The van der Waals surface area contributed by atoms with Crippen LogP contribution in [0.15, 0.2) is 46.9 Å². The maximum atomic E-state index is 11.7. The molecule has 1 amide bonds. The van der Waals surface area contributed by atoms with Crippen LogP contribution in [0.3, 0.4) is 0 Å². The number of halogens is 1. The molecule has 0 bridgehead atoms. The Morgan fingerprint density at radius 3 is 2.88 bits per heavy atom. The average Bonchev–Trinajstić information content (AvgIpc) is 3.03. The molecule has 1 heterocycles. The highest BCUT2D eigenvalue weighted by molar-refractivity contribution is 6.18. The van der Waals surface area contributed by atoms with E-state index in [1.54, 1.807) is 24.3 Å². The number of nitro groups is 1. The molecule has 0 aliphatic heterocycles. The Hall–Kier alpha value is -3.13. The number of benzene rings is 2. The number of rotatable bonds is 5. The zero-order valence-electron chi connectivity index (χ0n) is 12.8. The number of non-ortho nitro benzene ring substituents is 1. The fourth-order valence-corrected chi connectivity index (χ4v) is 2.28. The number of para-hydroxylation sites is 1. The molecule has 1 aromatic heterocycles. The summed E-state index contributed by atoms with van der Waals surface area (Å²) in [5.74, 6) is 0.419. The quantitative estimate of drug-likeness (QED) is 0.414. The highest BCUT2D eigenvalue weighted by Crippen LogP contribution is 2.31. The minimum atomic E-state index is -0.653. The highest BCUT2D eigenvalue weighted by Gasteiger charge is 2.16. The topological polar surface area (TPSA) is 108 Å². The molecule has 0 atom stereocenters. The smallest absolute Gasteiger partial charge is 0.411 e. The van der Waals surface area contributed by atoms with Crippen molar-refractivity contribution in [2.24, 2.45) is 0 Å². The molecule has 3 rings (SSSR count). The van der Waals surface area contributed by atoms with E-state index in [2.05, 4.69) is 10.3 Å². The maximum Gasteiger partial charge on any atom is 0.411 e. The van der Waals surface area contributed by atoms with Crippen LogP contribution < -0.4 is 5.32 Å². The molecule has 0 aliphatic carbocycles. The van der Waals surface area contributed by atoms with Gasteiger partial charge in [-0.05, 0) is 18.2 Å². The number of carbonyl (C=O) groups is 1. The SMILES string of the molecule is O=C(Nc1ccccc1-c1nc2ccc([N+](=O)[O-])cc2o1)OCCCl. The van der Waals surface area contributed by atoms with E-state index in [9.17, 15) is 14.9 Å². The van der Waals surface area contributed by atoms with Gasteiger partial charge in [0.15, 0.2) is 5.58 Å². The summed E-state index contributed by atoms with van der Waals surface area (Å²) in [5, 5.41) is 13.4. The molecular formula is C16H12ClN3O5. The molecule has 128 valence electrons. The Bertz CT molecular complexity index is 940. The van der Waals surface area contributed by atoms with Gasteiger partial charge >= 0.3 is 6.09 Å². The van der Waals surface area contributed by atoms with Crippen molar-refractivity contribution in [1.82, 2.24) is 4.98 Å². The van der Waals surface area contributed by atoms with Gasteiger partial charge in [-0.2, -0.15) is 0 Å². The van der Waals surface area contributed by atoms with E-state index in [0.29, 0.717) is 16.8 Å². The third-order valence-corrected chi connectivity index (χ3v) is 3.44. The van der Waals surface area contributed by atoms with Gasteiger partial charge in [0.2, 0.25) is 5.89 Å². The second-order valence-corrected chi connectivity index (χ2v) is 5.30. The largest absolute Gasteiger partial charge is 0.448 e. The van der Waals surface area contributed by atoms with Crippen LogP contribution in [0.25, 0.3) is 22.6 Å². The third-order valence-electron chi connectivity index (χ3n) is 3.29. The van der Waals surface area contributed by atoms with E-state index in [1.165, 1.54) is 18.2 Å². The molecule has 0 fully saturated rings. The summed E-state index contributed by atoms with van der Waals surface area (Å²) in [6.07, 6.45) is -0.653. The number of fused-ring (bicyclic) bond motifs is 1. The lowest BCUT2D eigenvalue weighted by atomic mass is 10.2. The van der Waals surface area contributed by atoms with Crippen LogP contribution in [0.1, 0.15) is 0 Å². The van der Waals surface area contributed by atoms with E-state index in [4.69, 9.17) is 20.8 Å². The number of hydrogen-bond acceptors (Lipinski definition) is 6. The van der Waals surface area contributed by atoms with E-state index in [0.717, 1.165) is 0 Å². The molecule has 0 aliphatic rings. The molecule has 8 nitrogen and oxygen atoms in total. The van der Waals surface area contributed by atoms with Crippen LogP contribution in [-0.4, -0.2) is 28.5 Å². The third kappa shape index (κ3) is 3.69. The molecule has 0 saturated carbocycles. The molecule has 0 radical (unpaired) electrons. The number of oxazole rings is 1. The summed E-state index contributed by atoms with van der Waals surface area (Å²) in [7, 11) is 0. The van der Waals surface area contributed by atoms with Gasteiger partial charge in [0.1, 0.15) is 12.1 Å². The molecule has 0 unspecified atom stereocenters. The Morgan fingerprint density at radius 2 is 2.12 bits per heavy atom. The van der Waals surface area contributed by atoms with E-state index < -0.39 is 11.0 Å². The van der Waals surface area contributed by atoms with Gasteiger partial charge in [0.05, 0.1) is 28.1 Å². The van der Waals surface area contributed by atoms with Gasteiger partial charge in [0, 0.05) is 6.07 Å². The van der Waals surface area contributed by atoms with Gasteiger partial charge in [-0.25, -0.2) is 9.78 Å². The minimum absolute atomic E-state index is 0.0854. The first-order chi connectivity index (χ1) is 12.1. The molecule has 1 N–H and O–H groups in total. The first-order valence-corrected chi connectivity index (χ1v) is 7.76. The van der Waals surface area contributed by atoms with Crippen molar-refractivity contribution in [2.45, 2.75) is 0 Å². The van der Waals surface area contributed by atoms with Crippen LogP contribution in [0.2, 0.25) is 0 Å². The van der Waals surface area contributed by atoms with Crippen molar-refractivity contribution in [2.75, 3.05) is 17.8 Å². The first kappa shape index (κ1) is 16.7. The zero-order valence-corrected chi connectivity index (χ0v) is 13.5. The van der Waals surface area contributed by atoms with Crippen LogP contribution in [0.4, 0.5) is 16.2 Å². The molecule has 0 spiro atoms. The van der Waals surface area contributed by atoms with Gasteiger partial charge in [0.25, 0.3) is 5.69 Å². The summed E-state index contributed by atoms with van der Waals surface area (Å²) < 4.78 is 10.5. The summed E-state index contributed by atoms with van der Waals surface area (Å²) >= 11 is 5.48. The average molecular weight is 362 g/mol. The number of carbonyl (C=O) groups excluding carboxylic acids is 1. The number of amides is 1. The van der Waals surface area contributed by atoms with Crippen LogP contribution >= 0.6 is 11.6 Å². The summed E-state index contributed by atoms with van der Waals surface area (Å²) in [4.78, 5) is 26.4. The fourth-order valence-electron chi connectivity index (χ4n) is 2.20. The van der Waals surface area contributed by atoms with Crippen molar-refractivity contribution < 1.29 is 18.9 Å². The maximum absolute atomic E-state index is 11.7. The summed E-state index contributed by atoms with van der Waals surface area (Å²) in [6, 6.07) is 11.0. The molecular weight excluding hydrogens is 350 g/mol. The van der Waals surface area contributed by atoms with Crippen molar-refractivity contribution in [1.29, 1.82) is 0 Å². The van der Waals surface area contributed by atoms with E-state index in [1.807, 2.05) is 0 Å². The lowest BCUT2D eigenvalue weighted by molar-refractivity contribution is -0.384. The molecule has 2 aromatic carbocycles. The first-order valence-electron chi connectivity index (χ1n) is 7.22. The van der Waals surface area contributed by atoms with Gasteiger partial charge < -0.3 is 9.15 Å². The molecule has 0 saturated heterocycles. The van der Waals surface area contributed by atoms with Crippen molar-refractivity contribution in [3.63, 3.8) is 0 Å². The number of nitro benzene ring substituents is 1. The Morgan fingerprint density at radius 1 is 1.32 bits per heavy atom. The summed E-state index contributed by atoms with van der Waals surface area (Å²) in [6.45, 7) is 0.0854. The number of anilines is 1. The van der Waals surface area contributed by atoms with Gasteiger partial charge in [-0.3, -0.25) is 15.4 Å². The van der Waals surface area contributed by atoms with Crippen LogP contribution in [0, 0.1) is 10.1 Å². The Kier molecular flexibility index (Phi) is 4.80. The van der Waals surface area contributed by atoms with Gasteiger partial charge in [-0.15, -0.1) is 11.6 Å². The second-order valence-electron chi connectivity index (χ2n) is 4.92. The fraction of sp³-hybridized carbons (Fsp3) is 0.125. The minimum Gasteiger partial charge on any atom is -0.448 e. The van der Waals surface area contributed by atoms with E-state index >= 15 is 0 Å². The Balaban J connectivity index is 1.95. The standard InChI is InChI=1S/C16H12ClN3O5/c17-7-8-24-16(21)19-12-4-2-1-3-11(12)15-18-13-6-5-10(20(22)23)9-14(13)25-15/h1-6,9H,7-8H2,(H,19,21). The second kappa shape index (κ2) is 7.18. The van der Waals surface area contributed by atoms with Crippen LogP contribution in [-0.2, 0) is 4.74 Å². The predicted octanol–water partition coefficient (Wildman–Crippen LogP) is 4.19. The predicted molar refractivity (Wildman–Crippen MR) is 91.8 cm³/mol. The number of hydrogen-bond donors (Lipinski definition) is 1. The lowest BCUT2D eigenvalue weighted by Gasteiger charge is -2.08. The van der Waals surface area contributed by atoms with E-state index in [-0.39, 0.29) is 29.6 Å². The zero-order chi connectivity index (χ0) is 17.8. The van der Waals surface area contributed by atoms with Crippen LogP contribution in [0.5, 0.6) is 0 Å². The van der Waals surface area contributed by atoms with Crippen molar-refractivity contribution in [3.05, 3.63) is 52.6 Å².